The molecule has 0 unspecified atom stereocenters. The third kappa shape index (κ3) is 2.46. The topological polar surface area (TPSA) is 60.9 Å². The number of primary amides is 1. The van der Waals surface area contributed by atoms with Gasteiger partial charge in [0.05, 0.1) is 5.69 Å². The van der Waals surface area contributed by atoms with E-state index < -0.39 is 11.8 Å². The summed E-state index contributed by atoms with van der Waals surface area (Å²) in [5.74, 6) is -0.970. The van der Waals surface area contributed by atoms with Crippen molar-refractivity contribution in [2.45, 2.75) is 0 Å². The number of hydrogen-bond donors (Lipinski definition) is 1. The van der Waals surface area contributed by atoms with Crippen LogP contribution in [0.2, 0.25) is 0 Å². The van der Waals surface area contributed by atoms with E-state index in [1.807, 2.05) is 0 Å². The van der Waals surface area contributed by atoms with E-state index in [4.69, 9.17) is 5.73 Å². The molecule has 6 heteroatoms. The lowest BCUT2D eigenvalue weighted by Gasteiger charge is -1.96. The molecule has 2 aromatic carbocycles. The summed E-state index contributed by atoms with van der Waals surface area (Å²) in [6.45, 7) is 0. The molecule has 4 nitrogen and oxygen atoms in total. The maximum Gasteiger partial charge on any atom is 0.340 e. The van der Waals surface area contributed by atoms with Crippen LogP contribution in [0.3, 0.4) is 0 Å². The predicted molar refractivity (Wildman–Crippen MR) is 78.8 cm³/mol. The Morgan fingerprint density at radius 1 is 1.18 bits per heavy atom. The lowest BCUT2D eigenvalue weighted by molar-refractivity contribution is 0.248. The Balaban J connectivity index is 2.09. The fourth-order valence-corrected chi connectivity index (χ4v) is 2.12. The molecular weight excluding hydrogens is 288 g/mol. The zero-order chi connectivity index (χ0) is 15.7. The molecule has 3 rings (SSSR count). The second-order valence-corrected chi connectivity index (χ2v) is 4.59. The van der Waals surface area contributed by atoms with Crippen LogP contribution >= 0.6 is 0 Å². The van der Waals surface area contributed by atoms with E-state index in [-0.39, 0.29) is 11.3 Å². The fourth-order valence-electron chi connectivity index (χ4n) is 2.12. The average molecular weight is 298 g/mol. The Kier molecular flexibility index (Phi) is 3.42. The molecular formula is C16H10F2N3O. The lowest BCUT2D eigenvalue weighted by Crippen LogP contribution is -2.21. The quantitative estimate of drug-likeness (QED) is 0.789. The van der Waals surface area contributed by atoms with E-state index in [1.54, 1.807) is 24.3 Å². The molecule has 0 fully saturated rings. The van der Waals surface area contributed by atoms with Gasteiger partial charge in [0.15, 0.2) is 0 Å². The number of aromatic nitrogens is 2. The molecule has 2 N–H and O–H groups in total. The number of amides is 1. The van der Waals surface area contributed by atoms with E-state index >= 15 is 0 Å². The molecule has 3 aromatic rings. The maximum atomic E-state index is 13.9. The number of halogens is 2. The summed E-state index contributed by atoms with van der Waals surface area (Å²) in [5.41, 5.74) is 6.32. The van der Waals surface area contributed by atoms with Gasteiger partial charge in [-0.05, 0) is 42.0 Å². The van der Waals surface area contributed by atoms with Gasteiger partial charge in [-0.3, -0.25) is 0 Å². The zero-order valence-corrected chi connectivity index (χ0v) is 11.3. The number of nitrogens with two attached hydrogens (primary N) is 1. The van der Waals surface area contributed by atoms with Crippen LogP contribution in [-0.2, 0) is 0 Å². The van der Waals surface area contributed by atoms with Gasteiger partial charge in [0.1, 0.15) is 17.2 Å². The Hall–Kier alpha value is -3.02. The first kappa shape index (κ1) is 13.9. The minimum atomic E-state index is -0.878. The van der Waals surface area contributed by atoms with Crippen molar-refractivity contribution in [2.24, 2.45) is 5.73 Å². The van der Waals surface area contributed by atoms with Crippen molar-refractivity contribution >= 4 is 29.1 Å². The summed E-state index contributed by atoms with van der Waals surface area (Å²) in [4.78, 5) is 11.4. The predicted octanol–water partition coefficient (Wildman–Crippen LogP) is 3.21. The van der Waals surface area contributed by atoms with Crippen LogP contribution in [0.5, 0.6) is 0 Å². The minimum Gasteiger partial charge on any atom is -0.350 e. The van der Waals surface area contributed by atoms with Crippen LogP contribution in [0, 0.1) is 17.7 Å². The largest absolute Gasteiger partial charge is 0.350 e. The SMILES string of the molecule is NC(=O)n1nc(C=Cc2ccc(F)cc2)c2c[c]cc(F)c21. The Bertz CT molecular complexity index is 882. The number of hydrogen-bond acceptors (Lipinski definition) is 2. The second kappa shape index (κ2) is 5.40. The molecule has 0 saturated heterocycles. The third-order valence-corrected chi connectivity index (χ3v) is 3.13. The minimum absolute atomic E-state index is 0.00464. The summed E-state index contributed by atoms with van der Waals surface area (Å²) in [7, 11) is 0. The Morgan fingerprint density at radius 2 is 1.91 bits per heavy atom. The zero-order valence-electron chi connectivity index (χ0n) is 11.3. The van der Waals surface area contributed by atoms with Crippen LogP contribution in [0.1, 0.15) is 11.3 Å². The first-order valence-electron chi connectivity index (χ1n) is 6.38. The third-order valence-electron chi connectivity index (χ3n) is 3.13. The van der Waals surface area contributed by atoms with Crippen LogP contribution in [-0.4, -0.2) is 15.8 Å². The van der Waals surface area contributed by atoms with Crippen LogP contribution in [0.4, 0.5) is 13.6 Å². The molecule has 109 valence electrons. The van der Waals surface area contributed by atoms with Crippen molar-refractivity contribution in [3.05, 3.63) is 65.4 Å². The van der Waals surface area contributed by atoms with Gasteiger partial charge in [0.25, 0.3) is 0 Å². The summed E-state index contributed by atoms with van der Waals surface area (Å²) >= 11 is 0. The Labute approximate surface area is 124 Å². The number of benzene rings is 2. The molecule has 0 aliphatic heterocycles. The van der Waals surface area contributed by atoms with Gasteiger partial charge in [-0.2, -0.15) is 9.78 Å². The van der Waals surface area contributed by atoms with E-state index in [0.29, 0.717) is 11.1 Å². The first-order chi connectivity index (χ1) is 10.6. The van der Waals surface area contributed by atoms with Crippen molar-refractivity contribution < 1.29 is 13.6 Å². The van der Waals surface area contributed by atoms with Crippen LogP contribution in [0.25, 0.3) is 23.1 Å². The van der Waals surface area contributed by atoms with Gasteiger partial charge < -0.3 is 5.73 Å². The highest BCUT2D eigenvalue weighted by Crippen LogP contribution is 2.22. The summed E-state index contributed by atoms with van der Waals surface area (Å²) in [5, 5.41) is 4.42. The van der Waals surface area contributed by atoms with Crippen molar-refractivity contribution in [1.82, 2.24) is 9.78 Å². The molecule has 0 aliphatic rings. The number of fused-ring (bicyclic) bond motifs is 1. The molecule has 1 amide bonds. The first-order valence-corrected chi connectivity index (χ1v) is 6.38. The van der Waals surface area contributed by atoms with Crippen LogP contribution in [0.15, 0.2) is 36.4 Å². The summed E-state index contributed by atoms with van der Waals surface area (Å²) < 4.78 is 27.5. The molecule has 0 atom stereocenters. The highest BCUT2D eigenvalue weighted by molar-refractivity contribution is 5.95. The van der Waals surface area contributed by atoms with Crippen molar-refractivity contribution in [3.8, 4) is 0 Å². The van der Waals surface area contributed by atoms with E-state index in [0.717, 1.165) is 16.3 Å². The molecule has 1 radical (unpaired) electrons. The van der Waals surface area contributed by atoms with Gasteiger partial charge in [-0.1, -0.05) is 18.2 Å². The smallest absolute Gasteiger partial charge is 0.340 e. The number of carbonyl (C=O) groups is 1. The highest BCUT2D eigenvalue weighted by Gasteiger charge is 2.15. The fraction of sp³-hybridized carbons (Fsp3) is 0. The molecule has 0 spiro atoms. The Morgan fingerprint density at radius 3 is 2.59 bits per heavy atom. The summed E-state index contributed by atoms with van der Waals surface area (Å²) in [6, 6.07) is 10.2. The standard InChI is InChI=1S/C16H10F2N3O/c17-11-7-4-10(5-8-11)6-9-14-12-2-1-3-13(18)15(12)21(20-14)16(19)22/h2-9H,(H2,19,22). The monoisotopic (exact) mass is 298 g/mol. The van der Waals surface area contributed by atoms with Gasteiger partial charge >= 0.3 is 6.03 Å². The number of carbonyl (C=O) groups excluding carboxylic acids is 1. The summed E-state index contributed by atoms with van der Waals surface area (Å²) in [6.07, 6.45) is 3.28. The molecule has 0 aliphatic carbocycles. The lowest BCUT2D eigenvalue weighted by atomic mass is 10.1. The van der Waals surface area contributed by atoms with Crippen molar-refractivity contribution in [3.63, 3.8) is 0 Å². The molecule has 0 saturated carbocycles. The number of nitrogens with zero attached hydrogens (tertiary/aromatic N) is 2. The second-order valence-electron chi connectivity index (χ2n) is 4.59. The number of rotatable bonds is 2. The van der Waals surface area contributed by atoms with E-state index in [1.165, 1.54) is 18.2 Å². The van der Waals surface area contributed by atoms with Crippen LogP contribution < -0.4 is 5.73 Å². The van der Waals surface area contributed by atoms with Gasteiger partial charge in [0.2, 0.25) is 0 Å². The van der Waals surface area contributed by atoms with Gasteiger partial charge in [0, 0.05) is 5.39 Å². The highest BCUT2D eigenvalue weighted by atomic mass is 19.1. The van der Waals surface area contributed by atoms with Crippen molar-refractivity contribution in [2.75, 3.05) is 0 Å². The van der Waals surface area contributed by atoms with Crippen molar-refractivity contribution in [1.29, 1.82) is 0 Å². The normalized spacial score (nSPS) is 11.4. The molecule has 1 heterocycles. The maximum absolute atomic E-state index is 13.9. The molecule has 0 bridgehead atoms. The molecule has 22 heavy (non-hydrogen) atoms. The van der Waals surface area contributed by atoms with Gasteiger partial charge in [-0.25, -0.2) is 13.6 Å². The average Bonchev–Trinajstić information content (AvgIpc) is 2.87. The molecule has 1 aromatic heterocycles. The van der Waals surface area contributed by atoms with E-state index in [2.05, 4.69) is 11.2 Å². The van der Waals surface area contributed by atoms with Gasteiger partial charge in [-0.15, -0.1) is 0 Å². The van der Waals surface area contributed by atoms with E-state index in [9.17, 15) is 13.6 Å².